The van der Waals surface area contributed by atoms with E-state index in [1.54, 1.807) is 12.7 Å². The summed E-state index contributed by atoms with van der Waals surface area (Å²) >= 11 is 0. The topological polar surface area (TPSA) is 66.5 Å². The van der Waals surface area contributed by atoms with Crippen LogP contribution >= 0.6 is 0 Å². The third-order valence-corrected chi connectivity index (χ3v) is 2.76. The highest BCUT2D eigenvalue weighted by molar-refractivity contribution is 5.81. The number of aromatic nitrogens is 4. The molecule has 2 aromatic heterocycles. The zero-order valence-electron chi connectivity index (χ0n) is 8.40. The van der Waals surface area contributed by atoms with Gasteiger partial charge in [-0.1, -0.05) is 12.8 Å². The van der Waals surface area contributed by atoms with E-state index in [0.29, 0.717) is 0 Å². The van der Waals surface area contributed by atoms with Gasteiger partial charge < -0.3 is 10.3 Å². The molecule has 0 amide bonds. The fourth-order valence-corrected chi connectivity index (χ4v) is 1.70. The number of hydrogen-bond acceptors (Lipinski definition) is 4. The first kappa shape index (κ1) is 8.64. The van der Waals surface area contributed by atoms with E-state index >= 15 is 0 Å². The molecule has 5 heteroatoms. The van der Waals surface area contributed by atoms with Crippen LogP contribution in [0.3, 0.4) is 0 Å². The van der Waals surface area contributed by atoms with Crippen LogP contribution < -0.4 is 5.32 Å². The van der Waals surface area contributed by atoms with Crippen LogP contribution in [0.5, 0.6) is 0 Å². The average Bonchev–Trinajstić information content (AvgIpc) is 2.95. The van der Waals surface area contributed by atoms with E-state index in [-0.39, 0.29) is 0 Å². The van der Waals surface area contributed by atoms with Crippen molar-refractivity contribution in [3.63, 3.8) is 0 Å². The van der Waals surface area contributed by atoms with Crippen LogP contribution in [0.1, 0.15) is 19.3 Å². The summed E-state index contributed by atoms with van der Waals surface area (Å²) in [6.45, 7) is 0.982. The second-order valence-corrected chi connectivity index (χ2v) is 3.98. The van der Waals surface area contributed by atoms with E-state index < -0.39 is 0 Å². The lowest BCUT2D eigenvalue weighted by Crippen LogP contribution is -2.04. The molecule has 0 spiro atoms. The molecule has 1 fully saturated rings. The molecule has 5 nitrogen and oxygen atoms in total. The Morgan fingerprint density at radius 1 is 1.33 bits per heavy atom. The van der Waals surface area contributed by atoms with Gasteiger partial charge in [0, 0.05) is 6.54 Å². The Hall–Kier alpha value is -1.65. The standard InChI is InChI=1S/C10H13N5/c1-2-7(1)3-4-11-9-8-10(13-5-12-8)15-6-14-9/h5-7H,1-4H2,(H2,11,12,13,14,15). The minimum Gasteiger partial charge on any atom is -0.368 e. The monoisotopic (exact) mass is 203 g/mol. The van der Waals surface area contributed by atoms with Crippen LogP contribution in [0.4, 0.5) is 5.82 Å². The molecule has 0 aromatic carbocycles. The van der Waals surface area contributed by atoms with Crippen molar-refractivity contribution in [3.8, 4) is 0 Å². The van der Waals surface area contributed by atoms with Crippen LogP contribution in [-0.4, -0.2) is 26.5 Å². The molecule has 2 aromatic rings. The van der Waals surface area contributed by atoms with Gasteiger partial charge in [0.2, 0.25) is 0 Å². The van der Waals surface area contributed by atoms with Gasteiger partial charge in [-0.25, -0.2) is 15.0 Å². The molecule has 0 radical (unpaired) electrons. The summed E-state index contributed by atoms with van der Waals surface area (Å²) in [5.41, 5.74) is 1.62. The molecule has 0 unspecified atom stereocenters. The number of aromatic amines is 1. The minimum atomic E-state index is 0.721. The number of rotatable bonds is 4. The second-order valence-electron chi connectivity index (χ2n) is 3.98. The van der Waals surface area contributed by atoms with Gasteiger partial charge in [-0.15, -0.1) is 0 Å². The zero-order chi connectivity index (χ0) is 10.1. The number of hydrogen-bond donors (Lipinski definition) is 2. The van der Waals surface area contributed by atoms with Crippen molar-refractivity contribution in [2.45, 2.75) is 19.3 Å². The second kappa shape index (κ2) is 3.49. The van der Waals surface area contributed by atoms with E-state index in [1.165, 1.54) is 19.3 Å². The molecule has 0 atom stereocenters. The van der Waals surface area contributed by atoms with E-state index in [9.17, 15) is 0 Å². The number of imidazole rings is 1. The largest absolute Gasteiger partial charge is 0.368 e. The van der Waals surface area contributed by atoms with Crippen LogP contribution in [0.2, 0.25) is 0 Å². The SMILES string of the molecule is c1nc(NCCC2CC2)c2[nH]cnc2n1. The maximum absolute atomic E-state index is 4.20. The number of H-pyrrole nitrogens is 1. The van der Waals surface area contributed by atoms with Gasteiger partial charge in [0.05, 0.1) is 6.33 Å². The lowest BCUT2D eigenvalue weighted by Gasteiger charge is -2.04. The van der Waals surface area contributed by atoms with Crippen molar-refractivity contribution in [1.82, 2.24) is 19.9 Å². The zero-order valence-corrected chi connectivity index (χ0v) is 8.40. The van der Waals surface area contributed by atoms with Gasteiger partial charge in [0.15, 0.2) is 11.5 Å². The normalized spacial score (nSPS) is 15.7. The van der Waals surface area contributed by atoms with Crippen molar-refractivity contribution in [2.24, 2.45) is 5.92 Å². The highest BCUT2D eigenvalue weighted by Crippen LogP contribution is 2.32. The molecule has 0 saturated heterocycles. The maximum atomic E-state index is 4.20. The van der Waals surface area contributed by atoms with Crippen molar-refractivity contribution in [3.05, 3.63) is 12.7 Å². The van der Waals surface area contributed by atoms with Gasteiger partial charge in [0.25, 0.3) is 0 Å². The molecule has 15 heavy (non-hydrogen) atoms. The summed E-state index contributed by atoms with van der Waals surface area (Å²) in [5, 5.41) is 3.32. The molecule has 3 rings (SSSR count). The van der Waals surface area contributed by atoms with Crippen LogP contribution in [0, 0.1) is 5.92 Å². The Kier molecular flexibility index (Phi) is 2.01. The summed E-state index contributed by atoms with van der Waals surface area (Å²) in [4.78, 5) is 15.4. The number of nitrogens with zero attached hydrogens (tertiary/aromatic N) is 3. The highest BCUT2D eigenvalue weighted by atomic mass is 15.1. The van der Waals surface area contributed by atoms with E-state index in [1.807, 2.05) is 0 Å². The first-order chi connectivity index (χ1) is 7.43. The van der Waals surface area contributed by atoms with Crippen molar-refractivity contribution in [2.75, 3.05) is 11.9 Å². The van der Waals surface area contributed by atoms with Crippen molar-refractivity contribution >= 4 is 17.0 Å². The van der Waals surface area contributed by atoms with Gasteiger partial charge in [-0.3, -0.25) is 0 Å². The van der Waals surface area contributed by atoms with Crippen LogP contribution in [0.15, 0.2) is 12.7 Å². The number of anilines is 1. The lowest BCUT2D eigenvalue weighted by molar-refractivity contribution is 0.758. The molecule has 78 valence electrons. The smallest absolute Gasteiger partial charge is 0.182 e. The highest BCUT2D eigenvalue weighted by Gasteiger charge is 2.20. The van der Waals surface area contributed by atoms with Gasteiger partial charge >= 0.3 is 0 Å². The lowest BCUT2D eigenvalue weighted by atomic mass is 10.3. The summed E-state index contributed by atoms with van der Waals surface area (Å²) in [7, 11) is 0. The van der Waals surface area contributed by atoms with Crippen molar-refractivity contribution in [1.29, 1.82) is 0 Å². The molecular formula is C10H13N5. The first-order valence-electron chi connectivity index (χ1n) is 5.31. The van der Waals surface area contributed by atoms with Crippen LogP contribution in [0.25, 0.3) is 11.2 Å². The molecule has 2 N–H and O–H groups in total. The number of nitrogens with one attached hydrogen (secondary N) is 2. The maximum Gasteiger partial charge on any atom is 0.182 e. The van der Waals surface area contributed by atoms with Crippen LogP contribution in [-0.2, 0) is 0 Å². The Balaban J connectivity index is 1.74. The Morgan fingerprint density at radius 2 is 2.27 bits per heavy atom. The predicted molar refractivity (Wildman–Crippen MR) is 57.5 cm³/mol. The first-order valence-corrected chi connectivity index (χ1v) is 5.31. The minimum absolute atomic E-state index is 0.721. The summed E-state index contributed by atoms with van der Waals surface area (Å²) < 4.78 is 0. The molecule has 0 bridgehead atoms. The molecule has 0 aliphatic heterocycles. The summed E-state index contributed by atoms with van der Waals surface area (Å²) in [5.74, 6) is 1.80. The van der Waals surface area contributed by atoms with E-state index in [0.717, 1.165) is 29.4 Å². The molecule has 1 aliphatic rings. The fourth-order valence-electron chi connectivity index (χ4n) is 1.70. The fraction of sp³-hybridized carbons (Fsp3) is 0.500. The van der Waals surface area contributed by atoms with Gasteiger partial charge in [-0.2, -0.15) is 0 Å². The third-order valence-electron chi connectivity index (χ3n) is 2.76. The van der Waals surface area contributed by atoms with Gasteiger partial charge in [0.1, 0.15) is 11.8 Å². The number of fused-ring (bicyclic) bond motifs is 1. The van der Waals surface area contributed by atoms with E-state index in [2.05, 4.69) is 25.3 Å². The summed E-state index contributed by atoms with van der Waals surface area (Å²) in [6, 6.07) is 0. The molecule has 2 heterocycles. The van der Waals surface area contributed by atoms with Crippen molar-refractivity contribution < 1.29 is 0 Å². The summed E-state index contributed by atoms with van der Waals surface area (Å²) in [6.07, 6.45) is 7.21. The predicted octanol–water partition coefficient (Wildman–Crippen LogP) is 1.56. The Bertz CT molecular complexity index is 460. The van der Waals surface area contributed by atoms with E-state index in [4.69, 9.17) is 0 Å². The Labute approximate surface area is 87.3 Å². The molecule has 1 saturated carbocycles. The van der Waals surface area contributed by atoms with Gasteiger partial charge in [-0.05, 0) is 12.3 Å². The molecule has 1 aliphatic carbocycles. The third kappa shape index (κ3) is 1.77. The quantitative estimate of drug-likeness (QED) is 0.791. The Morgan fingerprint density at radius 3 is 3.13 bits per heavy atom. The molecular weight excluding hydrogens is 190 g/mol. The average molecular weight is 203 g/mol.